The van der Waals surface area contributed by atoms with E-state index < -0.39 is 24.2 Å². The highest BCUT2D eigenvalue weighted by molar-refractivity contribution is 5.99. The van der Waals surface area contributed by atoms with Crippen LogP contribution in [0.3, 0.4) is 0 Å². The molecule has 140 valence electrons. The number of halogens is 1. The second-order valence-electron chi connectivity index (χ2n) is 6.59. The van der Waals surface area contributed by atoms with E-state index in [9.17, 15) is 18.8 Å². The topological polar surface area (TPSA) is 72.5 Å². The quantitative estimate of drug-likeness (QED) is 0.627. The van der Waals surface area contributed by atoms with Gasteiger partial charge >= 0.3 is 5.97 Å². The second-order valence-corrected chi connectivity index (χ2v) is 6.59. The van der Waals surface area contributed by atoms with Crippen LogP contribution in [0.1, 0.15) is 40.4 Å². The first-order valence-corrected chi connectivity index (χ1v) is 8.79. The molecular formula is C21H20FNO4. The summed E-state index contributed by atoms with van der Waals surface area (Å²) in [6.45, 7) is 0.775. The van der Waals surface area contributed by atoms with E-state index in [1.807, 2.05) is 18.2 Å². The third kappa shape index (κ3) is 4.78. The monoisotopic (exact) mass is 369 g/mol. The highest BCUT2D eigenvalue weighted by Crippen LogP contribution is 2.23. The molecule has 1 aliphatic carbocycles. The zero-order valence-corrected chi connectivity index (χ0v) is 15.0. The minimum Gasteiger partial charge on any atom is -0.457 e. The summed E-state index contributed by atoms with van der Waals surface area (Å²) in [6.07, 6.45) is 3.29. The number of esters is 1. The van der Waals surface area contributed by atoms with Crippen molar-refractivity contribution in [2.75, 3.05) is 11.9 Å². The Labute approximate surface area is 156 Å². The maximum Gasteiger partial charge on any atom is 0.310 e. The van der Waals surface area contributed by atoms with Crippen LogP contribution in [0, 0.1) is 5.82 Å². The third-order valence-corrected chi connectivity index (χ3v) is 4.47. The number of amides is 1. The molecule has 5 nitrogen and oxygen atoms in total. The molecule has 1 amide bonds. The summed E-state index contributed by atoms with van der Waals surface area (Å²) >= 11 is 0. The molecule has 0 saturated carbocycles. The van der Waals surface area contributed by atoms with Gasteiger partial charge in [0.25, 0.3) is 0 Å². The number of carbonyl (C=O) groups excluding carboxylic acids is 3. The van der Waals surface area contributed by atoms with E-state index in [0.717, 1.165) is 30.9 Å². The zero-order valence-electron chi connectivity index (χ0n) is 15.0. The first-order valence-electron chi connectivity index (χ1n) is 8.79. The number of benzene rings is 2. The number of fused-ring (bicyclic) bond motifs is 1. The van der Waals surface area contributed by atoms with Crippen LogP contribution in [0.5, 0.6) is 0 Å². The zero-order chi connectivity index (χ0) is 19.4. The van der Waals surface area contributed by atoms with Crippen LogP contribution >= 0.6 is 0 Å². The maximum absolute atomic E-state index is 14.0. The minimum absolute atomic E-state index is 0.0739. The average molecular weight is 369 g/mol. The molecule has 0 spiro atoms. The molecule has 1 N–H and O–H groups in total. The number of carbonyl (C=O) groups is 3. The molecule has 0 aromatic heterocycles. The molecule has 0 saturated heterocycles. The number of Topliss-reactive ketones (excluding diaryl/α,β-unsaturated/α-hetero) is 1. The van der Waals surface area contributed by atoms with Crippen LogP contribution in [0.4, 0.5) is 10.1 Å². The van der Waals surface area contributed by atoms with Gasteiger partial charge in [-0.25, -0.2) is 4.39 Å². The van der Waals surface area contributed by atoms with Gasteiger partial charge in [0.1, 0.15) is 5.82 Å². The number of hydrogen-bond donors (Lipinski definition) is 1. The van der Waals surface area contributed by atoms with E-state index in [-0.39, 0.29) is 23.6 Å². The maximum atomic E-state index is 14.0. The number of nitrogens with one attached hydrogen (secondary N) is 1. The number of rotatable bonds is 6. The van der Waals surface area contributed by atoms with Crippen molar-refractivity contribution in [2.24, 2.45) is 0 Å². The van der Waals surface area contributed by atoms with Crippen molar-refractivity contribution in [1.82, 2.24) is 0 Å². The average Bonchev–Trinajstić information content (AvgIpc) is 3.07. The lowest BCUT2D eigenvalue weighted by Gasteiger charge is -2.08. The van der Waals surface area contributed by atoms with Crippen LogP contribution in [0.25, 0.3) is 0 Å². The summed E-state index contributed by atoms with van der Waals surface area (Å²) in [5, 5.41) is 2.43. The van der Waals surface area contributed by atoms with Crippen LogP contribution in [-0.2, 0) is 33.6 Å². The van der Waals surface area contributed by atoms with Crippen LogP contribution in [0.15, 0.2) is 36.4 Å². The molecule has 2 aromatic carbocycles. The number of aryl methyl sites for hydroxylation is 2. The molecule has 0 unspecified atom stereocenters. The SMILES string of the molecule is CC(=O)Nc1ccc(C(=O)COC(=O)Cc2ccc3c(c2)CCC3)c(F)c1. The second kappa shape index (κ2) is 8.12. The van der Waals surface area contributed by atoms with Crippen molar-refractivity contribution in [1.29, 1.82) is 0 Å². The van der Waals surface area contributed by atoms with Gasteiger partial charge in [0.05, 0.1) is 12.0 Å². The number of ether oxygens (including phenoxy) is 1. The molecule has 0 radical (unpaired) electrons. The number of ketones is 1. The smallest absolute Gasteiger partial charge is 0.310 e. The first kappa shape index (κ1) is 18.8. The standard InChI is InChI=1S/C21H20FNO4/c1-13(24)23-17-7-8-18(19(22)11-17)20(25)12-27-21(26)10-14-5-6-15-3-2-4-16(15)9-14/h5-9,11H,2-4,10,12H2,1H3,(H,23,24). The van der Waals surface area contributed by atoms with Gasteiger partial charge in [-0.3, -0.25) is 14.4 Å². The molecule has 3 rings (SSSR count). The van der Waals surface area contributed by atoms with Crippen molar-refractivity contribution < 1.29 is 23.5 Å². The van der Waals surface area contributed by atoms with E-state index in [0.29, 0.717) is 0 Å². The van der Waals surface area contributed by atoms with Crippen molar-refractivity contribution >= 4 is 23.3 Å². The molecule has 2 aromatic rings. The van der Waals surface area contributed by atoms with Crippen molar-refractivity contribution in [2.45, 2.75) is 32.6 Å². The van der Waals surface area contributed by atoms with Gasteiger partial charge in [-0.15, -0.1) is 0 Å². The van der Waals surface area contributed by atoms with E-state index in [2.05, 4.69) is 5.32 Å². The highest BCUT2D eigenvalue weighted by atomic mass is 19.1. The van der Waals surface area contributed by atoms with Crippen LogP contribution in [-0.4, -0.2) is 24.3 Å². The van der Waals surface area contributed by atoms with Crippen molar-refractivity contribution in [3.63, 3.8) is 0 Å². The Hall–Kier alpha value is -3.02. The van der Waals surface area contributed by atoms with Gasteiger partial charge in [0.2, 0.25) is 11.7 Å². The summed E-state index contributed by atoms with van der Waals surface area (Å²) in [5.74, 6) is -2.28. The van der Waals surface area contributed by atoms with E-state index >= 15 is 0 Å². The van der Waals surface area contributed by atoms with Crippen molar-refractivity contribution in [3.05, 3.63) is 64.5 Å². The molecule has 0 aliphatic heterocycles. The Morgan fingerprint density at radius 1 is 1.07 bits per heavy atom. The van der Waals surface area contributed by atoms with Crippen LogP contribution < -0.4 is 5.32 Å². The largest absolute Gasteiger partial charge is 0.457 e. The Bertz CT molecular complexity index is 907. The first-order chi connectivity index (χ1) is 12.9. The molecule has 6 heteroatoms. The summed E-state index contributed by atoms with van der Waals surface area (Å²) in [5.41, 5.74) is 3.50. The van der Waals surface area contributed by atoms with Gasteiger partial charge in [-0.1, -0.05) is 18.2 Å². The fraction of sp³-hybridized carbons (Fsp3) is 0.286. The summed E-state index contributed by atoms with van der Waals surface area (Å²) in [4.78, 5) is 35.1. The van der Waals surface area contributed by atoms with Gasteiger partial charge in [0, 0.05) is 12.6 Å². The number of anilines is 1. The van der Waals surface area contributed by atoms with Gasteiger partial charge < -0.3 is 10.1 Å². The predicted octanol–water partition coefficient (Wildman–Crippen LogP) is 3.24. The Morgan fingerprint density at radius 2 is 1.85 bits per heavy atom. The fourth-order valence-corrected chi connectivity index (χ4v) is 3.20. The molecule has 1 aliphatic rings. The van der Waals surface area contributed by atoms with Crippen molar-refractivity contribution in [3.8, 4) is 0 Å². The molecule has 0 bridgehead atoms. The van der Waals surface area contributed by atoms with Crippen LogP contribution in [0.2, 0.25) is 0 Å². The summed E-state index contributed by atoms with van der Waals surface area (Å²) < 4.78 is 19.0. The molecular weight excluding hydrogens is 349 g/mol. The predicted molar refractivity (Wildman–Crippen MR) is 98.2 cm³/mol. The van der Waals surface area contributed by atoms with Gasteiger partial charge in [-0.2, -0.15) is 0 Å². The highest BCUT2D eigenvalue weighted by Gasteiger charge is 2.16. The lowest BCUT2D eigenvalue weighted by Crippen LogP contribution is -2.17. The van der Waals surface area contributed by atoms with E-state index in [1.54, 1.807) is 0 Å². The normalized spacial score (nSPS) is 12.4. The van der Waals surface area contributed by atoms with E-state index in [4.69, 9.17) is 4.74 Å². The Morgan fingerprint density at radius 3 is 2.59 bits per heavy atom. The third-order valence-electron chi connectivity index (χ3n) is 4.47. The lowest BCUT2D eigenvalue weighted by atomic mass is 10.0. The van der Waals surface area contributed by atoms with Gasteiger partial charge in [-0.05, 0) is 54.2 Å². The Kier molecular flexibility index (Phi) is 5.64. The summed E-state index contributed by atoms with van der Waals surface area (Å²) in [7, 11) is 0. The fourth-order valence-electron chi connectivity index (χ4n) is 3.20. The minimum atomic E-state index is -0.777. The molecule has 0 heterocycles. The van der Waals surface area contributed by atoms with E-state index in [1.165, 1.54) is 30.2 Å². The molecule has 0 atom stereocenters. The molecule has 27 heavy (non-hydrogen) atoms. The molecule has 0 fully saturated rings. The lowest BCUT2D eigenvalue weighted by molar-refractivity contribution is -0.141. The van der Waals surface area contributed by atoms with Gasteiger partial charge in [0.15, 0.2) is 6.61 Å². The Balaban J connectivity index is 1.55. The summed E-state index contributed by atoms with van der Waals surface area (Å²) in [6, 6.07) is 9.67. The number of hydrogen-bond acceptors (Lipinski definition) is 4.